The molecular weight excluding hydrogens is 922 g/mol. The van der Waals surface area contributed by atoms with Gasteiger partial charge in [-0.25, -0.2) is 9.13 Å². The Kier molecular flexibility index (Phi) is 36.4. The lowest BCUT2D eigenvalue weighted by Crippen LogP contribution is -2.64. The number of ether oxygens (including phenoxy) is 2. The van der Waals surface area contributed by atoms with Crippen molar-refractivity contribution in [1.82, 2.24) is 0 Å². The first-order valence-corrected chi connectivity index (χ1v) is 27.6. The van der Waals surface area contributed by atoms with Gasteiger partial charge < -0.3 is 49.7 Å². The minimum absolute atomic E-state index is 0.00857. The second kappa shape index (κ2) is 39.1. The molecule has 0 heterocycles. The molecule has 1 rings (SSSR count). The third-order valence-electron chi connectivity index (χ3n) is 10.9. The summed E-state index contributed by atoms with van der Waals surface area (Å²) in [5.41, 5.74) is 0. The number of hydrogen-bond acceptors (Lipinski definition) is 14. The number of phosphoric acid groups is 2. The number of rotatable bonds is 40. The average Bonchev–Trinajstić information content (AvgIpc) is 3.29. The number of aliphatic hydroxyl groups is 5. The van der Waals surface area contributed by atoms with Crippen LogP contribution in [0.5, 0.6) is 0 Å². The third-order valence-corrected chi connectivity index (χ3v) is 12.4. The molecule has 0 radical (unpaired) electrons. The Labute approximate surface area is 404 Å². The maximum atomic E-state index is 13.0. The Bertz CT molecular complexity index is 1610. The summed E-state index contributed by atoms with van der Waals surface area (Å²) in [6, 6.07) is 0. The number of phosphoric ester groups is 2. The maximum Gasteiger partial charge on any atom is 0.472 e. The van der Waals surface area contributed by atoms with Crippen molar-refractivity contribution in [3.05, 3.63) is 72.9 Å². The van der Waals surface area contributed by atoms with E-state index >= 15 is 0 Å². The number of carbonyl (C=O) groups excluding carboxylic acids is 2. The molecule has 1 aliphatic carbocycles. The Balaban J connectivity index is 2.67. The molecule has 9 atom stereocenters. The molecule has 0 aromatic carbocycles. The van der Waals surface area contributed by atoms with Crippen molar-refractivity contribution in [1.29, 1.82) is 0 Å². The number of esters is 2. The van der Waals surface area contributed by atoms with E-state index in [1.54, 1.807) is 12.2 Å². The van der Waals surface area contributed by atoms with Crippen LogP contribution in [0.2, 0.25) is 0 Å². The van der Waals surface area contributed by atoms with E-state index in [0.717, 1.165) is 77.0 Å². The number of hydrogen-bond donors (Lipinski definition) is 8. The molecule has 0 spiro atoms. The molecule has 1 aliphatic rings. The smallest absolute Gasteiger partial charge is 0.462 e. The van der Waals surface area contributed by atoms with Crippen LogP contribution in [0, 0.1) is 0 Å². The molecule has 0 bridgehead atoms. The first-order chi connectivity index (χ1) is 32.5. The zero-order chi connectivity index (χ0) is 50.5. The minimum atomic E-state index is -5.39. The maximum absolute atomic E-state index is 13.0. The van der Waals surface area contributed by atoms with E-state index in [1.165, 1.54) is 38.5 Å². The van der Waals surface area contributed by atoms with E-state index in [-0.39, 0.29) is 25.7 Å². The van der Waals surface area contributed by atoms with Crippen LogP contribution in [0.4, 0.5) is 0 Å². The van der Waals surface area contributed by atoms with Gasteiger partial charge in [0.25, 0.3) is 0 Å². The van der Waals surface area contributed by atoms with Gasteiger partial charge in [0.1, 0.15) is 43.2 Å². The van der Waals surface area contributed by atoms with Crippen molar-refractivity contribution >= 4 is 27.6 Å². The Morgan fingerprint density at radius 1 is 0.544 bits per heavy atom. The molecule has 0 saturated heterocycles. The van der Waals surface area contributed by atoms with Crippen LogP contribution in [-0.2, 0) is 41.8 Å². The second-order valence-electron chi connectivity index (χ2n) is 17.0. The highest BCUT2D eigenvalue weighted by molar-refractivity contribution is 7.47. The summed E-state index contributed by atoms with van der Waals surface area (Å²) in [4.78, 5) is 54.4. The van der Waals surface area contributed by atoms with Crippen LogP contribution in [0.25, 0.3) is 0 Å². The molecule has 0 aliphatic heterocycles. The fourth-order valence-electron chi connectivity index (χ4n) is 6.98. The minimum Gasteiger partial charge on any atom is -0.462 e. The standard InChI is InChI=1S/C49H84O17P2/c1-3-5-7-9-11-13-15-17-18-19-20-22-24-26-28-30-32-36-43(52)64-41(39-63-68(60,61)66-49-46(55)44(53)45(54)48(47(49)56)65-67(57,58)59)38-62-42(51)37-33-35-40(50)34-31-29-27-25-23-21-16-14-12-10-8-6-4-2/h11-14,17-18,21,23,27,29,31,34,40-41,44-50,53-56H,3-10,15-16,19-20,22,24-26,28,30,32-33,35-39H2,1-2H3,(H,60,61)(H2,57,58,59)/b13-11-,14-12-,18-17-,23-21-,29-27-,34-31+/t40-,41-,44?,45?,46?,47?,48-,49+/m1/s1. The summed E-state index contributed by atoms with van der Waals surface area (Å²) in [6.45, 7) is 2.88. The average molecular weight is 1010 g/mol. The first-order valence-electron chi connectivity index (χ1n) is 24.6. The molecular formula is C49H84O17P2. The van der Waals surface area contributed by atoms with Gasteiger partial charge in [-0.3, -0.25) is 23.2 Å². The molecule has 1 fully saturated rings. The van der Waals surface area contributed by atoms with E-state index in [4.69, 9.17) is 18.5 Å². The topological polar surface area (TPSA) is 276 Å². The summed E-state index contributed by atoms with van der Waals surface area (Å²) >= 11 is 0. The van der Waals surface area contributed by atoms with Crippen molar-refractivity contribution in [2.75, 3.05) is 13.2 Å². The van der Waals surface area contributed by atoms with Crippen LogP contribution in [0.3, 0.4) is 0 Å². The first kappa shape index (κ1) is 63.4. The molecule has 0 amide bonds. The molecule has 8 N–H and O–H groups in total. The summed E-state index contributed by atoms with van der Waals surface area (Å²) in [7, 11) is -10.7. The third kappa shape index (κ3) is 33.1. The monoisotopic (exact) mass is 1010 g/mol. The highest BCUT2D eigenvalue weighted by atomic mass is 31.2. The number of unbranched alkanes of at least 4 members (excludes halogenated alkanes) is 13. The molecule has 19 heteroatoms. The zero-order valence-corrected chi connectivity index (χ0v) is 42.2. The van der Waals surface area contributed by atoms with Gasteiger partial charge >= 0.3 is 27.6 Å². The van der Waals surface area contributed by atoms with Crippen molar-refractivity contribution in [3.63, 3.8) is 0 Å². The highest BCUT2D eigenvalue weighted by Crippen LogP contribution is 2.49. The predicted octanol–water partition coefficient (Wildman–Crippen LogP) is 8.59. The Morgan fingerprint density at radius 3 is 1.59 bits per heavy atom. The molecule has 68 heavy (non-hydrogen) atoms. The highest BCUT2D eigenvalue weighted by Gasteiger charge is 2.54. The molecule has 5 unspecified atom stereocenters. The van der Waals surface area contributed by atoms with Gasteiger partial charge in [-0.05, 0) is 77.0 Å². The SMILES string of the molecule is CCCCC/C=C\C/C=C\C/C=C\C=C\[C@@H](O)CCCC(=O)OC[C@H](COP(=O)(O)O[C@H]1C(O)C(O)C(O)[C@@H](OP(=O)(O)O)C1O)OC(=O)CCCCCCCCC/C=C\C/C=C\CCCCC. The number of carbonyl (C=O) groups is 2. The summed E-state index contributed by atoms with van der Waals surface area (Å²) < 4.78 is 49.3. The van der Waals surface area contributed by atoms with Crippen molar-refractivity contribution in [2.45, 2.75) is 210 Å². The lowest BCUT2D eigenvalue weighted by molar-refractivity contribution is -0.216. The van der Waals surface area contributed by atoms with E-state index in [1.807, 2.05) is 12.2 Å². The normalized spacial score (nSPS) is 22.3. The molecule has 0 aromatic rings. The molecule has 1 saturated carbocycles. The lowest BCUT2D eigenvalue weighted by atomic mass is 9.85. The van der Waals surface area contributed by atoms with Crippen LogP contribution >= 0.6 is 15.6 Å². The van der Waals surface area contributed by atoms with Gasteiger partial charge in [0.05, 0.1) is 12.7 Å². The predicted molar refractivity (Wildman–Crippen MR) is 261 cm³/mol. The number of aliphatic hydroxyl groups excluding tert-OH is 5. The van der Waals surface area contributed by atoms with Gasteiger partial charge in [-0.2, -0.15) is 0 Å². The summed E-state index contributed by atoms with van der Waals surface area (Å²) in [5, 5.41) is 51.6. The van der Waals surface area contributed by atoms with E-state index < -0.39 is 89.6 Å². The van der Waals surface area contributed by atoms with Crippen LogP contribution in [0.15, 0.2) is 72.9 Å². The van der Waals surface area contributed by atoms with E-state index in [9.17, 15) is 58.9 Å². The second-order valence-corrected chi connectivity index (χ2v) is 19.6. The summed E-state index contributed by atoms with van der Waals surface area (Å²) in [6.07, 6.45) is 28.7. The Morgan fingerprint density at radius 2 is 1.03 bits per heavy atom. The van der Waals surface area contributed by atoms with Gasteiger partial charge in [-0.15, -0.1) is 0 Å². The van der Waals surface area contributed by atoms with Crippen LogP contribution < -0.4 is 0 Å². The van der Waals surface area contributed by atoms with Crippen LogP contribution in [0.1, 0.15) is 162 Å². The van der Waals surface area contributed by atoms with Crippen LogP contribution in [-0.4, -0.2) is 114 Å². The van der Waals surface area contributed by atoms with Gasteiger partial charge in [0.15, 0.2) is 6.10 Å². The fraction of sp³-hybridized carbons (Fsp3) is 0.714. The van der Waals surface area contributed by atoms with E-state index in [2.05, 4.69) is 67.0 Å². The van der Waals surface area contributed by atoms with Gasteiger partial charge in [0, 0.05) is 12.8 Å². The zero-order valence-electron chi connectivity index (χ0n) is 40.4. The van der Waals surface area contributed by atoms with Crippen molar-refractivity contribution < 1.29 is 82.0 Å². The van der Waals surface area contributed by atoms with Gasteiger partial charge in [0.2, 0.25) is 0 Å². The lowest BCUT2D eigenvalue weighted by Gasteiger charge is -2.43. The molecule has 392 valence electrons. The molecule has 0 aromatic heterocycles. The summed E-state index contributed by atoms with van der Waals surface area (Å²) in [5.74, 6) is -1.42. The van der Waals surface area contributed by atoms with E-state index in [0.29, 0.717) is 6.42 Å². The van der Waals surface area contributed by atoms with Gasteiger partial charge in [-0.1, -0.05) is 145 Å². The Hall–Kier alpha value is -2.60. The van der Waals surface area contributed by atoms with Crippen molar-refractivity contribution in [3.8, 4) is 0 Å². The molecule has 17 nitrogen and oxygen atoms in total. The number of allylic oxidation sites excluding steroid dienone is 11. The fourth-order valence-corrected chi connectivity index (χ4v) is 8.52. The van der Waals surface area contributed by atoms with Crippen molar-refractivity contribution in [2.24, 2.45) is 0 Å². The largest absolute Gasteiger partial charge is 0.472 e. The quantitative estimate of drug-likeness (QED) is 0.00938.